The largest absolute Gasteiger partial charge is 0.336 e. The number of fused-ring (bicyclic) bond motifs is 1. The molecule has 0 unspecified atom stereocenters. The van der Waals surface area contributed by atoms with Gasteiger partial charge in [0.05, 0.1) is 17.3 Å². The van der Waals surface area contributed by atoms with Crippen LogP contribution in [0.5, 0.6) is 0 Å². The van der Waals surface area contributed by atoms with Crippen LogP contribution in [-0.4, -0.2) is 30.6 Å². The first kappa shape index (κ1) is 14.1. The molecule has 0 spiro atoms. The molecule has 1 aliphatic rings. The molecule has 1 saturated carbocycles. The highest BCUT2D eigenvalue weighted by Gasteiger charge is 2.31. The van der Waals surface area contributed by atoms with E-state index in [1.807, 2.05) is 0 Å². The fraction of sp³-hybridized carbons (Fsp3) is 0.267. The van der Waals surface area contributed by atoms with E-state index in [1.54, 1.807) is 30.5 Å². The first-order valence-corrected chi connectivity index (χ1v) is 8.66. The highest BCUT2D eigenvalue weighted by molar-refractivity contribution is 7.92. The van der Waals surface area contributed by atoms with Crippen LogP contribution in [0, 0.1) is 0 Å². The van der Waals surface area contributed by atoms with Crippen molar-refractivity contribution in [3.63, 3.8) is 0 Å². The summed E-state index contributed by atoms with van der Waals surface area (Å²) in [4.78, 5) is 8.27. The number of rotatable bonds is 4. The Hall–Kier alpha value is -2.48. The maximum Gasteiger partial charge on any atom is 0.266 e. The first-order chi connectivity index (χ1) is 11.1. The number of pyridine rings is 2. The molecule has 3 aromatic heterocycles. The Morgan fingerprint density at radius 1 is 1.26 bits per heavy atom. The van der Waals surface area contributed by atoms with Crippen LogP contribution in [0.4, 0.5) is 5.82 Å². The lowest BCUT2D eigenvalue weighted by Gasteiger charge is -2.17. The number of nitrogens with zero attached hydrogens (tertiary/aromatic N) is 4. The van der Waals surface area contributed by atoms with Crippen molar-refractivity contribution in [3.05, 3.63) is 42.4 Å². The van der Waals surface area contributed by atoms with E-state index in [0.29, 0.717) is 22.8 Å². The third-order valence-electron chi connectivity index (χ3n) is 3.93. The molecule has 0 aromatic carbocycles. The lowest BCUT2D eigenvalue weighted by Crippen LogP contribution is -2.27. The van der Waals surface area contributed by atoms with Gasteiger partial charge >= 0.3 is 0 Å². The minimum atomic E-state index is -3.74. The summed E-state index contributed by atoms with van der Waals surface area (Å²) >= 11 is 0. The topological polar surface area (TPSA) is 89.2 Å². The molecule has 0 N–H and O–H groups in total. The summed E-state index contributed by atoms with van der Waals surface area (Å²) in [7, 11) is -2.28. The van der Waals surface area contributed by atoms with Gasteiger partial charge in [-0.1, -0.05) is 11.2 Å². The van der Waals surface area contributed by atoms with Crippen molar-refractivity contribution in [2.24, 2.45) is 0 Å². The second-order valence-electron chi connectivity index (χ2n) is 5.53. The standard InChI is InChI=1S/C15H14N4O3S/c1-19(13-4-2-3-7-16-13)23(20,21)11-8-12-14(10-5-6-10)18-22-15(12)17-9-11/h2-4,7-10H,5-6H2,1H3. The zero-order chi connectivity index (χ0) is 16.0. The van der Waals surface area contributed by atoms with Gasteiger partial charge in [0.25, 0.3) is 15.7 Å². The molecule has 1 fully saturated rings. The number of anilines is 1. The smallest absolute Gasteiger partial charge is 0.266 e. The fourth-order valence-corrected chi connectivity index (χ4v) is 3.57. The predicted octanol–water partition coefficient (Wildman–Crippen LogP) is 2.32. The molecule has 0 saturated heterocycles. The van der Waals surface area contributed by atoms with Crippen molar-refractivity contribution < 1.29 is 12.9 Å². The van der Waals surface area contributed by atoms with Gasteiger partial charge in [-0.2, -0.15) is 0 Å². The molecule has 0 aliphatic heterocycles. The minimum absolute atomic E-state index is 0.100. The van der Waals surface area contributed by atoms with Gasteiger partial charge < -0.3 is 4.52 Å². The van der Waals surface area contributed by atoms with E-state index in [1.165, 1.54) is 13.2 Å². The van der Waals surface area contributed by atoms with Gasteiger partial charge in [0.2, 0.25) is 0 Å². The van der Waals surface area contributed by atoms with Crippen LogP contribution in [0.25, 0.3) is 11.1 Å². The minimum Gasteiger partial charge on any atom is -0.336 e. The number of hydrogen-bond donors (Lipinski definition) is 0. The number of sulfonamides is 1. The highest BCUT2D eigenvalue weighted by Crippen LogP contribution is 2.42. The molecule has 7 nitrogen and oxygen atoms in total. The van der Waals surface area contributed by atoms with Gasteiger partial charge in [-0.25, -0.2) is 18.4 Å². The molecule has 23 heavy (non-hydrogen) atoms. The third kappa shape index (κ3) is 2.35. The van der Waals surface area contributed by atoms with E-state index in [2.05, 4.69) is 15.1 Å². The molecule has 3 aromatic rings. The molecule has 0 bridgehead atoms. The molecule has 8 heteroatoms. The molecule has 0 amide bonds. The average Bonchev–Trinajstić information content (AvgIpc) is 3.33. The van der Waals surface area contributed by atoms with Crippen LogP contribution in [0.2, 0.25) is 0 Å². The Balaban J connectivity index is 1.79. The average molecular weight is 330 g/mol. The molecule has 1 aliphatic carbocycles. The monoisotopic (exact) mass is 330 g/mol. The summed E-state index contributed by atoms with van der Waals surface area (Å²) in [5, 5.41) is 4.69. The number of hydrogen-bond acceptors (Lipinski definition) is 6. The summed E-state index contributed by atoms with van der Waals surface area (Å²) in [5.74, 6) is 0.699. The molecule has 0 radical (unpaired) electrons. The summed E-state index contributed by atoms with van der Waals surface area (Å²) in [6, 6.07) is 6.69. The quantitative estimate of drug-likeness (QED) is 0.729. The van der Waals surface area contributed by atoms with E-state index in [-0.39, 0.29) is 4.90 Å². The van der Waals surface area contributed by atoms with Crippen molar-refractivity contribution in [1.82, 2.24) is 15.1 Å². The second kappa shape index (κ2) is 5.02. The summed E-state index contributed by atoms with van der Waals surface area (Å²) in [6.07, 6.45) is 4.94. The van der Waals surface area contributed by atoms with Gasteiger partial charge in [-0.3, -0.25) is 4.31 Å². The van der Waals surface area contributed by atoms with Crippen LogP contribution in [0.3, 0.4) is 0 Å². The molecular formula is C15H14N4O3S. The van der Waals surface area contributed by atoms with Crippen molar-refractivity contribution in [2.45, 2.75) is 23.7 Å². The van der Waals surface area contributed by atoms with Crippen LogP contribution < -0.4 is 4.31 Å². The Morgan fingerprint density at radius 2 is 2.09 bits per heavy atom. The van der Waals surface area contributed by atoms with E-state index < -0.39 is 10.0 Å². The van der Waals surface area contributed by atoms with Crippen molar-refractivity contribution in [3.8, 4) is 0 Å². The van der Waals surface area contributed by atoms with Gasteiger partial charge in [-0.15, -0.1) is 0 Å². The fourth-order valence-electron chi connectivity index (χ4n) is 2.44. The Kier molecular flexibility index (Phi) is 3.08. The van der Waals surface area contributed by atoms with Gasteiger partial charge in [0.15, 0.2) is 0 Å². The maximum atomic E-state index is 12.8. The molecular weight excluding hydrogens is 316 g/mol. The van der Waals surface area contributed by atoms with Crippen molar-refractivity contribution in [1.29, 1.82) is 0 Å². The Bertz CT molecular complexity index is 965. The summed E-state index contributed by atoms with van der Waals surface area (Å²) in [5.41, 5.74) is 1.16. The molecule has 4 rings (SSSR count). The van der Waals surface area contributed by atoms with Gasteiger partial charge in [-0.05, 0) is 31.0 Å². The van der Waals surface area contributed by atoms with E-state index >= 15 is 0 Å². The van der Waals surface area contributed by atoms with Crippen LogP contribution >= 0.6 is 0 Å². The van der Waals surface area contributed by atoms with Crippen LogP contribution in [-0.2, 0) is 10.0 Å². The molecule has 0 atom stereocenters. The van der Waals surface area contributed by atoms with Crippen LogP contribution in [0.1, 0.15) is 24.5 Å². The zero-order valence-electron chi connectivity index (χ0n) is 12.4. The second-order valence-corrected chi connectivity index (χ2v) is 7.50. The summed E-state index contributed by atoms with van der Waals surface area (Å²) in [6.45, 7) is 0. The lowest BCUT2D eigenvalue weighted by molar-refractivity contribution is 0.439. The van der Waals surface area contributed by atoms with Crippen molar-refractivity contribution >= 4 is 26.9 Å². The lowest BCUT2D eigenvalue weighted by atomic mass is 10.2. The Morgan fingerprint density at radius 3 is 2.78 bits per heavy atom. The summed E-state index contributed by atoms with van der Waals surface area (Å²) < 4.78 is 31.9. The van der Waals surface area contributed by atoms with E-state index in [0.717, 1.165) is 22.8 Å². The zero-order valence-corrected chi connectivity index (χ0v) is 13.2. The van der Waals surface area contributed by atoms with E-state index in [9.17, 15) is 8.42 Å². The third-order valence-corrected chi connectivity index (χ3v) is 5.65. The molecule has 3 heterocycles. The first-order valence-electron chi connectivity index (χ1n) is 7.22. The van der Waals surface area contributed by atoms with Gasteiger partial charge in [0, 0.05) is 19.2 Å². The highest BCUT2D eigenvalue weighted by atomic mass is 32.2. The van der Waals surface area contributed by atoms with Gasteiger partial charge in [0.1, 0.15) is 10.7 Å². The maximum absolute atomic E-state index is 12.8. The van der Waals surface area contributed by atoms with E-state index in [4.69, 9.17) is 4.52 Å². The predicted molar refractivity (Wildman–Crippen MR) is 83.6 cm³/mol. The number of aromatic nitrogens is 3. The van der Waals surface area contributed by atoms with Crippen molar-refractivity contribution in [2.75, 3.05) is 11.4 Å². The Labute approximate surface area is 133 Å². The normalized spacial score (nSPS) is 15.0. The molecule has 118 valence electrons. The SMILES string of the molecule is CN(c1ccccn1)S(=O)(=O)c1cnc2onc(C3CC3)c2c1. The van der Waals surface area contributed by atoms with Crippen LogP contribution in [0.15, 0.2) is 46.1 Å².